The minimum absolute atomic E-state index is 0.0461. The number of hydrogen-bond donors (Lipinski definition) is 0. The summed E-state index contributed by atoms with van der Waals surface area (Å²) in [6.45, 7) is 4.23. The summed E-state index contributed by atoms with van der Waals surface area (Å²) in [6, 6.07) is 4.12. The van der Waals surface area contributed by atoms with Crippen LogP contribution in [0.3, 0.4) is 0 Å². The Morgan fingerprint density at radius 3 is 2.71 bits per heavy atom. The molecule has 0 aromatic carbocycles. The smallest absolute Gasteiger partial charge is 0.319 e. The van der Waals surface area contributed by atoms with Crippen LogP contribution in [0.2, 0.25) is 0 Å². The molecule has 0 saturated carbocycles. The predicted octanol–water partition coefficient (Wildman–Crippen LogP) is 2.17. The lowest BCUT2D eigenvalue weighted by atomic mass is 9.86. The maximum atomic E-state index is 12.4. The number of hydrogen-bond acceptors (Lipinski definition) is 3. The van der Waals surface area contributed by atoms with Gasteiger partial charge in [0.25, 0.3) is 0 Å². The first-order chi connectivity index (χ1) is 9.90. The molecule has 3 heterocycles. The van der Waals surface area contributed by atoms with Crippen LogP contribution in [0.5, 0.6) is 0 Å². The van der Waals surface area contributed by atoms with Crippen LogP contribution in [0.1, 0.15) is 17.7 Å². The van der Waals surface area contributed by atoms with Gasteiger partial charge in [-0.25, -0.2) is 4.79 Å². The van der Waals surface area contributed by atoms with Crippen molar-refractivity contribution in [3.63, 3.8) is 0 Å². The molecule has 2 aliphatic heterocycles. The van der Waals surface area contributed by atoms with Crippen molar-refractivity contribution in [3.8, 4) is 0 Å². The third-order valence-corrected chi connectivity index (χ3v) is 5.43. The summed E-state index contributed by atoms with van der Waals surface area (Å²) in [5.41, 5.74) is -0.0549. The van der Waals surface area contributed by atoms with Gasteiger partial charge in [-0.2, -0.15) is 0 Å². The van der Waals surface area contributed by atoms with E-state index < -0.39 is 0 Å². The molecule has 0 unspecified atom stereocenters. The number of likely N-dealkylation sites (tertiary alicyclic amines) is 1. The number of carbonyl (C=O) groups excluding carboxylic acids is 2. The molecule has 5 nitrogen and oxygen atoms in total. The van der Waals surface area contributed by atoms with E-state index in [1.807, 2.05) is 15.9 Å². The van der Waals surface area contributed by atoms with Crippen molar-refractivity contribution < 1.29 is 9.59 Å². The average Bonchev–Trinajstić information content (AvgIpc) is 3.09. The number of rotatable bonds is 1. The molecule has 1 aromatic heterocycles. The monoisotopic (exact) mass is 307 g/mol. The fourth-order valence-corrected chi connectivity index (χ4v) is 4.20. The summed E-state index contributed by atoms with van der Waals surface area (Å²) in [5.74, 6) is 0.191. The largest absolute Gasteiger partial charge is 0.331 e. The Balaban J connectivity index is 1.74. The first-order valence-electron chi connectivity index (χ1n) is 7.23. The Morgan fingerprint density at radius 1 is 1.33 bits per heavy atom. The fraction of sp³-hybridized carbons (Fsp3) is 0.600. The molecule has 1 spiro atoms. The molecule has 2 aliphatic rings. The normalized spacial score (nSPS) is 25.2. The molecule has 0 aliphatic carbocycles. The standard InChI is InChI=1S/C15H21N3O2S/c1-11-4-5-13(21-11)18-10-15(8-12(18)19)6-7-17(9-15)14(20)16(2)3/h4-5H,6-10H2,1-3H3/t15-/m0/s1. The van der Waals surface area contributed by atoms with Gasteiger partial charge in [0, 0.05) is 50.4 Å². The zero-order chi connectivity index (χ0) is 15.2. The van der Waals surface area contributed by atoms with Gasteiger partial charge in [0.1, 0.15) is 0 Å². The van der Waals surface area contributed by atoms with Crippen LogP contribution in [-0.2, 0) is 4.79 Å². The van der Waals surface area contributed by atoms with E-state index in [1.165, 1.54) is 4.88 Å². The van der Waals surface area contributed by atoms with Crippen molar-refractivity contribution in [3.05, 3.63) is 17.0 Å². The number of nitrogens with zero attached hydrogens (tertiary/aromatic N) is 3. The van der Waals surface area contributed by atoms with Gasteiger partial charge in [0.2, 0.25) is 5.91 Å². The number of anilines is 1. The number of carbonyl (C=O) groups is 2. The molecule has 1 atom stereocenters. The number of aryl methyl sites for hydroxylation is 1. The first kappa shape index (κ1) is 14.4. The van der Waals surface area contributed by atoms with Crippen molar-refractivity contribution in [2.75, 3.05) is 38.6 Å². The molecule has 114 valence electrons. The van der Waals surface area contributed by atoms with Crippen LogP contribution in [0, 0.1) is 12.3 Å². The Hall–Kier alpha value is -1.56. The molecular weight excluding hydrogens is 286 g/mol. The van der Waals surface area contributed by atoms with E-state index in [0.717, 1.165) is 24.5 Å². The van der Waals surface area contributed by atoms with E-state index in [1.54, 1.807) is 30.3 Å². The molecule has 3 amide bonds. The summed E-state index contributed by atoms with van der Waals surface area (Å²) in [5, 5.41) is 1.03. The highest BCUT2D eigenvalue weighted by Gasteiger charge is 2.49. The summed E-state index contributed by atoms with van der Waals surface area (Å²) >= 11 is 1.66. The van der Waals surface area contributed by atoms with Gasteiger partial charge in [-0.3, -0.25) is 4.79 Å². The lowest BCUT2D eigenvalue weighted by Gasteiger charge is -2.25. The highest BCUT2D eigenvalue weighted by Crippen LogP contribution is 2.43. The lowest BCUT2D eigenvalue weighted by Crippen LogP contribution is -2.39. The van der Waals surface area contributed by atoms with Gasteiger partial charge in [-0.1, -0.05) is 0 Å². The average molecular weight is 307 g/mol. The molecule has 0 N–H and O–H groups in total. The number of thiophene rings is 1. The van der Waals surface area contributed by atoms with E-state index >= 15 is 0 Å². The molecule has 0 bridgehead atoms. The summed E-state index contributed by atoms with van der Waals surface area (Å²) in [4.78, 5) is 31.1. The molecule has 6 heteroatoms. The predicted molar refractivity (Wildman–Crippen MR) is 83.7 cm³/mol. The Kier molecular flexibility index (Phi) is 3.43. The molecular formula is C15H21N3O2S. The molecule has 3 rings (SSSR count). The van der Waals surface area contributed by atoms with Crippen LogP contribution in [-0.4, -0.2) is 55.5 Å². The molecule has 2 fully saturated rings. The first-order valence-corrected chi connectivity index (χ1v) is 8.05. The third kappa shape index (κ3) is 2.52. The second kappa shape index (κ2) is 5.02. The Morgan fingerprint density at radius 2 is 2.10 bits per heavy atom. The van der Waals surface area contributed by atoms with Crippen LogP contribution in [0.15, 0.2) is 12.1 Å². The molecule has 2 saturated heterocycles. The summed E-state index contributed by atoms with van der Waals surface area (Å²) in [6.07, 6.45) is 1.47. The molecule has 1 aromatic rings. The van der Waals surface area contributed by atoms with Crippen molar-refractivity contribution in [1.29, 1.82) is 0 Å². The Bertz CT molecular complexity index is 583. The number of amides is 3. The topological polar surface area (TPSA) is 43.9 Å². The van der Waals surface area contributed by atoms with Gasteiger partial charge in [0.05, 0.1) is 5.00 Å². The quantitative estimate of drug-likeness (QED) is 0.798. The van der Waals surface area contributed by atoms with E-state index in [0.29, 0.717) is 13.0 Å². The highest BCUT2D eigenvalue weighted by atomic mass is 32.1. The van der Waals surface area contributed by atoms with Gasteiger partial charge in [-0.05, 0) is 25.5 Å². The highest BCUT2D eigenvalue weighted by molar-refractivity contribution is 7.16. The SMILES string of the molecule is Cc1ccc(N2C[C@@]3(CCN(C(=O)N(C)C)C3)CC2=O)s1. The Labute approximate surface area is 129 Å². The third-order valence-electron chi connectivity index (χ3n) is 4.40. The second-order valence-electron chi connectivity index (χ2n) is 6.39. The van der Waals surface area contributed by atoms with Gasteiger partial charge in [-0.15, -0.1) is 11.3 Å². The van der Waals surface area contributed by atoms with Gasteiger partial charge in [0.15, 0.2) is 0 Å². The van der Waals surface area contributed by atoms with Crippen molar-refractivity contribution in [2.24, 2.45) is 5.41 Å². The zero-order valence-corrected chi connectivity index (χ0v) is 13.6. The van der Waals surface area contributed by atoms with E-state index in [4.69, 9.17) is 0 Å². The van der Waals surface area contributed by atoms with Gasteiger partial charge < -0.3 is 14.7 Å². The molecule has 0 radical (unpaired) electrons. The maximum absolute atomic E-state index is 12.4. The zero-order valence-electron chi connectivity index (χ0n) is 12.8. The van der Waals surface area contributed by atoms with Crippen LogP contribution in [0.25, 0.3) is 0 Å². The van der Waals surface area contributed by atoms with Crippen LogP contribution < -0.4 is 4.90 Å². The van der Waals surface area contributed by atoms with Crippen molar-refractivity contribution in [1.82, 2.24) is 9.80 Å². The number of urea groups is 1. The minimum atomic E-state index is -0.0549. The molecule has 21 heavy (non-hydrogen) atoms. The van der Waals surface area contributed by atoms with E-state index in [9.17, 15) is 9.59 Å². The van der Waals surface area contributed by atoms with Crippen molar-refractivity contribution in [2.45, 2.75) is 19.8 Å². The maximum Gasteiger partial charge on any atom is 0.319 e. The summed E-state index contributed by atoms with van der Waals surface area (Å²) in [7, 11) is 3.54. The van der Waals surface area contributed by atoms with Crippen LogP contribution in [0.4, 0.5) is 9.80 Å². The second-order valence-corrected chi connectivity index (χ2v) is 7.66. The van der Waals surface area contributed by atoms with Crippen molar-refractivity contribution >= 4 is 28.3 Å². The summed E-state index contributed by atoms with van der Waals surface area (Å²) < 4.78 is 0. The van der Waals surface area contributed by atoms with Crippen LogP contribution >= 0.6 is 11.3 Å². The van der Waals surface area contributed by atoms with E-state index in [-0.39, 0.29) is 17.4 Å². The minimum Gasteiger partial charge on any atom is -0.331 e. The van der Waals surface area contributed by atoms with E-state index in [2.05, 4.69) is 13.0 Å². The fourth-order valence-electron chi connectivity index (χ4n) is 3.32. The van der Waals surface area contributed by atoms with Gasteiger partial charge >= 0.3 is 6.03 Å². The lowest BCUT2D eigenvalue weighted by molar-refractivity contribution is -0.117.